The predicted octanol–water partition coefficient (Wildman–Crippen LogP) is 4.45. The molecule has 0 amide bonds. The molecule has 0 fully saturated rings. The Morgan fingerprint density at radius 3 is 2.69 bits per heavy atom. The second-order valence-corrected chi connectivity index (χ2v) is 7.04. The van der Waals surface area contributed by atoms with Crippen molar-refractivity contribution in [1.82, 2.24) is 10.3 Å². The first kappa shape index (κ1) is 20.7. The van der Waals surface area contributed by atoms with Crippen LogP contribution in [0.15, 0.2) is 58.9 Å². The molecule has 3 aromatic rings. The first-order chi connectivity index (χ1) is 14.2. The highest BCUT2D eigenvalue weighted by Crippen LogP contribution is 2.30. The Morgan fingerprint density at radius 1 is 1.14 bits per heavy atom. The van der Waals surface area contributed by atoms with E-state index in [1.165, 1.54) is 0 Å². The van der Waals surface area contributed by atoms with E-state index in [2.05, 4.69) is 33.1 Å². The third kappa shape index (κ3) is 5.71. The molecule has 0 radical (unpaired) electrons. The van der Waals surface area contributed by atoms with Crippen molar-refractivity contribution in [2.24, 2.45) is 4.99 Å². The van der Waals surface area contributed by atoms with Gasteiger partial charge in [-0.3, -0.25) is 4.99 Å². The van der Waals surface area contributed by atoms with Crippen LogP contribution in [0.3, 0.4) is 0 Å². The summed E-state index contributed by atoms with van der Waals surface area (Å²) in [7, 11) is 3.38. The minimum Gasteiger partial charge on any atom is -0.493 e. The van der Waals surface area contributed by atoms with Crippen LogP contribution in [0.25, 0.3) is 10.6 Å². The summed E-state index contributed by atoms with van der Waals surface area (Å²) in [5.41, 5.74) is 3.10. The van der Waals surface area contributed by atoms with Gasteiger partial charge < -0.3 is 20.1 Å². The van der Waals surface area contributed by atoms with E-state index in [1.54, 1.807) is 25.5 Å². The van der Waals surface area contributed by atoms with Gasteiger partial charge in [-0.15, -0.1) is 11.3 Å². The molecular weight excluding hydrogens is 384 g/mol. The van der Waals surface area contributed by atoms with Crippen LogP contribution in [0, 0.1) is 0 Å². The van der Waals surface area contributed by atoms with Crippen molar-refractivity contribution in [2.75, 3.05) is 32.6 Å². The van der Waals surface area contributed by atoms with Gasteiger partial charge in [-0.25, -0.2) is 4.98 Å². The van der Waals surface area contributed by atoms with Crippen LogP contribution in [0.1, 0.15) is 12.6 Å². The van der Waals surface area contributed by atoms with E-state index in [4.69, 9.17) is 14.5 Å². The van der Waals surface area contributed by atoms with E-state index in [9.17, 15) is 0 Å². The maximum absolute atomic E-state index is 5.63. The number of guanidine groups is 1. The molecule has 29 heavy (non-hydrogen) atoms. The summed E-state index contributed by atoms with van der Waals surface area (Å²) in [6.45, 7) is 3.25. The zero-order valence-electron chi connectivity index (χ0n) is 16.9. The van der Waals surface area contributed by atoms with Crippen LogP contribution in [-0.4, -0.2) is 38.3 Å². The largest absolute Gasteiger partial charge is 0.493 e. The third-order valence-electron chi connectivity index (χ3n) is 4.20. The molecule has 0 spiro atoms. The number of methoxy groups -OCH3 is 1. The van der Waals surface area contributed by atoms with Crippen molar-refractivity contribution in [3.8, 4) is 22.1 Å². The quantitative estimate of drug-likeness (QED) is 0.424. The lowest BCUT2D eigenvalue weighted by Crippen LogP contribution is -2.32. The molecule has 0 aliphatic carbocycles. The molecule has 152 valence electrons. The number of aromatic nitrogens is 1. The smallest absolute Gasteiger partial charge is 0.195 e. The fraction of sp³-hybridized carbons (Fsp3) is 0.273. The number of hydrogen-bond donors (Lipinski definition) is 2. The van der Waals surface area contributed by atoms with Crippen LogP contribution in [0.5, 0.6) is 11.5 Å². The van der Waals surface area contributed by atoms with E-state index < -0.39 is 0 Å². The van der Waals surface area contributed by atoms with Crippen molar-refractivity contribution >= 4 is 23.0 Å². The number of aliphatic imine (C=N–C) groups is 1. The number of hydrogen-bond acceptors (Lipinski definition) is 5. The second-order valence-electron chi connectivity index (χ2n) is 6.18. The zero-order chi connectivity index (χ0) is 20.5. The summed E-state index contributed by atoms with van der Waals surface area (Å²) < 4.78 is 11.0. The number of nitrogens with one attached hydrogen (secondary N) is 2. The topological polar surface area (TPSA) is 67.8 Å². The SMILES string of the molecule is CCOc1cc(NC(=NC)NCCc2csc(-c3ccccc3)n2)ccc1OC. The normalized spacial score (nSPS) is 11.2. The van der Waals surface area contributed by atoms with E-state index >= 15 is 0 Å². The molecule has 0 atom stereocenters. The molecule has 0 aliphatic rings. The average molecular weight is 411 g/mol. The molecule has 2 N–H and O–H groups in total. The molecule has 0 aliphatic heterocycles. The van der Waals surface area contributed by atoms with E-state index in [-0.39, 0.29) is 0 Å². The minimum absolute atomic E-state index is 0.575. The standard InChI is InChI=1S/C22H26N4O2S/c1-4-28-20-14-17(10-11-19(20)27-3)26-22(23-2)24-13-12-18-15-29-21(25-18)16-8-6-5-7-9-16/h5-11,14-15H,4,12-13H2,1-3H3,(H2,23,24,26). The highest BCUT2D eigenvalue weighted by Gasteiger charge is 2.08. The maximum atomic E-state index is 5.63. The molecule has 0 saturated heterocycles. The van der Waals surface area contributed by atoms with Crippen LogP contribution in [0.4, 0.5) is 5.69 Å². The van der Waals surface area contributed by atoms with Gasteiger partial charge in [0.1, 0.15) is 5.01 Å². The number of ether oxygens (including phenoxy) is 2. The van der Waals surface area contributed by atoms with Gasteiger partial charge in [-0.05, 0) is 19.1 Å². The van der Waals surface area contributed by atoms with Crippen molar-refractivity contribution in [3.05, 3.63) is 59.6 Å². The van der Waals surface area contributed by atoms with Crippen LogP contribution >= 0.6 is 11.3 Å². The van der Waals surface area contributed by atoms with Crippen LogP contribution < -0.4 is 20.1 Å². The third-order valence-corrected chi connectivity index (χ3v) is 5.14. The lowest BCUT2D eigenvalue weighted by atomic mass is 10.2. The number of thiazole rings is 1. The fourth-order valence-corrected chi connectivity index (χ4v) is 3.64. The molecule has 7 heteroatoms. The molecule has 0 saturated carbocycles. The van der Waals surface area contributed by atoms with Gasteiger partial charge in [0.2, 0.25) is 0 Å². The van der Waals surface area contributed by atoms with Gasteiger partial charge in [-0.2, -0.15) is 0 Å². The lowest BCUT2D eigenvalue weighted by molar-refractivity contribution is 0.311. The number of nitrogens with zero attached hydrogens (tertiary/aromatic N) is 2. The van der Waals surface area contributed by atoms with Gasteiger partial charge >= 0.3 is 0 Å². The molecule has 0 bridgehead atoms. The Hall–Kier alpha value is -3.06. The maximum Gasteiger partial charge on any atom is 0.195 e. The molecule has 1 aromatic heterocycles. The van der Waals surface area contributed by atoms with Crippen molar-refractivity contribution in [3.63, 3.8) is 0 Å². The van der Waals surface area contributed by atoms with Crippen molar-refractivity contribution in [1.29, 1.82) is 0 Å². The Labute approximate surface area is 175 Å². The molecule has 2 aromatic carbocycles. The minimum atomic E-state index is 0.575. The summed E-state index contributed by atoms with van der Waals surface area (Å²) in [6, 6.07) is 16.0. The fourth-order valence-electron chi connectivity index (χ4n) is 2.78. The van der Waals surface area contributed by atoms with E-state index in [0.717, 1.165) is 34.9 Å². The van der Waals surface area contributed by atoms with Crippen LogP contribution in [0.2, 0.25) is 0 Å². The van der Waals surface area contributed by atoms with E-state index in [1.807, 2.05) is 43.3 Å². The number of rotatable bonds is 8. The Morgan fingerprint density at radius 2 is 1.97 bits per heavy atom. The Bertz CT molecular complexity index is 941. The summed E-state index contributed by atoms with van der Waals surface area (Å²) in [5, 5.41) is 9.76. The molecule has 0 unspecified atom stereocenters. The zero-order valence-corrected chi connectivity index (χ0v) is 17.8. The predicted molar refractivity (Wildman–Crippen MR) is 120 cm³/mol. The summed E-state index contributed by atoms with van der Waals surface area (Å²) in [4.78, 5) is 9.02. The molecule has 6 nitrogen and oxygen atoms in total. The van der Waals surface area contributed by atoms with Crippen LogP contribution in [-0.2, 0) is 6.42 Å². The molecular formula is C22H26N4O2S. The van der Waals surface area contributed by atoms with Gasteiger partial charge in [0.15, 0.2) is 17.5 Å². The van der Waals surface area contributed by atoms with Gasteiger partial charge in [0.25, 0.3) is 0 Å². The van der Waals surface area contributed by atoms with Gasteiger partial charge in [0, 0.05) is 42.7 Å². The highest BCUT2D eigenvalue weighted by molar-refractivity contribution is 7.13. The van der Waals surface area contributed by atoms with Gasteiger partial charge in [-0.1, -0.05) is 30.3 Å². The first-order valence-electron chi connectivity index (χ1n) is 9.51. The molecule has 3 rings (SSSR count). The Balaban J connectivity index is 1.55. The second kappa shape index (κ2) is 10.5. The van der Waals surface area contributed by atoms with Gasteiger partial charge in [0.05, 0.1) is 19.4 Å². The number of benzene rings is 2. The van der Waals surface area contributed by atoms with Crippen molar-refractivity contribution < 1.29 is 9.47 Å². The summed E-state index contributed by atoms with van der Waals surface area (Å²) >= 11 is 1.67. The highest BCUT2D eigenvalue weighted by atomic mass is 32.1. The first-order valence-corrected chi connectivity index (χ1v) is 10.4. The summed E-state index contributed by atoms with van der Waals surface area (Å²) in [6.07, 6.45) is 0.816. The lowest BCUT2D eigenvalue weighted by Gasteiger charge is -2.14. The molecule has 1 heterocycles. The van der Waals surface area contributed by atoms with E-state index in [0.29, 0.717) is 24.1 Å². The summed E-state index contributed by atoms with van der Waals surface area (Å²) in [5.74, 6) is 2.10. The average Bonchev–Trinajstić information content (AvgIpc) is 3.23. The number of anilines is 1. The van der Waals surface area contributed by atoms with Crippen molar-refractivity contribution in [2.45, 2.75) is 13.3 Å². The monoisotopic (exact) mass is 410 g/mol. The Kier molecular flexibility index (Phi) is 7.47.